The fourth-order valence-electron chi connectivity index (χ4n) is 6.75. The summed E-state index contributed by atoms with van der Waals surface area (Å²) < 4.78 is 29.2. The zero-order valence-corrected chi connectivity index (χ0v) is 19.8. The van der Waals surface area contributed by atoms with E-state index in [9.17, 15) is 19.0 Å². The molecular formula is C27H42F2O2. The van der Waals surface area contributed by atoms with E-state index in [1.54, 1.807) is 0 Å². The Bertz CT molecular complexity index is 723. The van der Waals surface area contributed by atoms with Gasteiger partial charge < -0.3 is 10.2 Å². The summed E-state index contributed by atoms with van der Waals surface area (Å²) >= 11 is 0. The largest absolute Gasteiger partial charge is 0.388 e. The Morgan fingerprint density at radius 1 is 1.13 bits per heavy atom. The van der Waals surface area contributed by atoms with Crippen molar-refractivity contribution < 1.29 is 19.0 Å². The lowest BCUT2D eigenvalue weighted by Gasteiger charge is -2.44. The Balaban J connectivity index is 1.79. The van der Waals surface area contributed by atoms with Crippen LogP contribution in [0.2, 0.25) is 0 Å². The summed E-state index contributed by atoms with van der Waals surface area (Å²) in [5.74, 6) is -0.791. The number of hydrogen-bond acceptors (Lipinski definition) is 2. The first kappa shape index (κ1) is 24.6. The fraction of sp³-hybridized carbons (Fsp3) is 0.778. The number of rotatable bonds is 6. The van der Waals surface area contributed by atoms with Gasteiger partial charge in [-0.25, -0.2) is 0 Å². The minimum atomic E-state index is -3.37. The van der Waals surface area contributed by atoms with Gasteiger partial charge in [0.1, 0.15) is 6.10 Å². The monoisotopic (exact) mass is 436 g/mol. The van der Waals surface area contributed by atoms with E-state index in [0.717, 1.165) is 25.2 Å². The van der Waals surface area contributed by atoms with Crippen molar-refractivity contribution in [2.75, 3.05) is 0 Å². The van der Waals surface area contributed by atoms with Crippen LogP contribution in [-0.4, -0.2) is 28.3 Å². The number of halogens is 2. The van der Waals surface area contributed by atoms with Gasteiger partial charge in [-0.05, 0) is 66.8 Å². The number of aliphatic hydroxyl groups excluding tert-OH is 2. The first-order chi connectivity index (χ1) is 14.5. The molecule has 0 aromatic rings. The van der Waals surface area contributed by atoms with E-state index in [-0.39, 0.29) is 23.0 Å². The minimum Gasteiger partial charge on any atom is -0.388 e. The van der Waals surface area contributed by atoms with Crippen LogP contribution >= 0.6 is 0 Å². The third kappa shape index (κ3) is 4.85. The highest BCUT2D eigenvalue weighted by atomic mass is 19.3. The van der Waals surface area contributed by atoms with Gasteiger partial charge >= 0.3 is 0 Å². The molecule has 0 aromatic heterocycles. The van der Waals surface area contributed by atoms with Crippen molar-refractivity contribution in [3.63, 3.8) is 0 Å². The number of fused-ring (bicyclic) bond motifs is 1. The van der Waals surface area contributed by atoms with Crippen LogP contribution in [0.1, 0.15) is 85.5 Å². The van der Waals surface area contributed by atoms with Crippen molar-refractivity contribution in [2.45, 2.75) is 104 Å². The molecule has 3 aliphatic carbocycles. The molecule has 3 fully saturated rings. The molecule has 2 nitrogen and oxygen atoms in total. The van der Waals surface area contributed by atoms with Crippen molar-refractivity contribution in [2.24, 2.45) is 29.1 Å². The van der Waals surface area contributed by atoms with E-state index >= 15 is 0 Å². The van der Waals surface area contributed by atoms with Gasteiger partial charge in [-0.15, -0.1) is 0 Å². The Labute approximate surface area is 187 Å². The van der Waals surface area contributed by atoms with Crippen LogP contribution in [-0.2, 0) is 0 Å². The summed E-state index contributed by atoms with van der Waals surface area (Å²) in [6.07, 6.45) is 9.42. The normalized spacial score (nSPS) is 39.3. The van der Waals surface area contributed by atoms with Crippen molar-refractivity contribution in [3.05, 3.63) is 35.5 Å². The molecule has 6 atom stereocenters. The summed E-state index contributed by atoms with van der Waals surface area (Å²) in [6, 6.07) is 0. The van der Waals surface area contributed by atoms with E-state index in [0.29, 0.717) is 17.8 Å². The molecule has 0 amide bonds. The smallest absolute Gasteiger partial charge is 0.298 e. The van der Waals surface area contributed by atoms with Gasteiger partial charge in [0.15, 0.2) is 0 Å². The molecule has 3 saturated carbocycles. The average Bonchev–Trinajstić information content (AvgIpc) is 3.04. The number of aliphatic hydroxyl groups is 2. The molecule has 0 aliphatic heterocycles. The number of alkyl halides is 2. The summed E-state index contributed by atoms with van der Waals surface area (Å²) in [5.41, 5.74) is 1.23. The standard InChI is InChI=1S/C27H42F2O2/c1-17(2)8-6-9-18(3)21-13-14-23-20(10-7-15-26(21,23)5)11-12-22-19(4)24(30)16-25(31)27(22,28)29/h11-12,17-18,21,23-25,30-31H,4,6-10,13-16H2,1-3,5H3/b20-11?,22-12+/t18-,21-,23?,24-,25+,26-/m1/s1. The Morgan fingerprint density at radius 3 is 2.52 bits per heavy atom. The van der Waals surface area contributed by atoms with Gasteiger partial charge in [0.05, 0.1) is 6.10 Å². The van der Waals surface area contributed by atoms with Crippen LogP contribution < -0.4 is 0 Å². The van der Waals surface area contributed by atoms with Crippen LogP contribution in [0.15, 0.2) is 35.5 Å². The Hall–Kier alpha value is -1.00. The molecule has 4 heteroatoms. The molecule has 2 N–H and O–H groups in total. The summed E-state index contributed by atoms with van der Waals surface area (Å²) in [6.45, 7) is 13.1. The van der Waals surface area contributed by atoms with E-state index in [2.05, 4.69) is 34.3 Å². The molecule has 1 unspecified atom stereocenters. The summed E-state index contributed by atoms with van der Waals surface area (Å²) in [4.78, 5) is 0. The third-order valence-electron chi connectivity index (χ3n) is 8.60. The van der Waals surface area contributed by atoms with Gasteiger partial charge in [0.2, 0.25) is 0 Å². The average molecular weight is 437 g/mol. The van der Waals surface area contributed by atoms with Crippen LogP contribution in [0.4, 0.5) is 8.78 Å². The molecule has 0 spiro atoms. The molecular weight excluding hydrogens is 394 g/mol. The lowest BCUT2D eigenvalue weighted by molar-refractivity contribution is -0.103. The van der Waals surface area contributed by atoms with Gasteiger partial charge in [-0.2, -0.15) is 8.78 Å². The molecule has 0 bridgehead atoms. The predicted molar refractivity (Wildman–Crippen MR) is 123 cm³/mol. The van der Waals surface area contributed by atoms with E-state index < -0.39 is 18.1 Å². The SMILES string of the molecule is C=C1/C(=C\C=C2CCC[C@@]3(C)C2CC[C@@H]3[C@H](C)CCCC(C)C)C(F)(F)[C@@H](O)C[C@H]1O. The van der Waals surface area contributed by atoms with Gasteiger partial charge in [-0.1, -0.05) is 71.3 Å². The molecule has 31 heavy (non-hydrogen) atoms. The topological polar surface area (TPSA) is 40.5 Å². The van der Waals surface area contributed by atoms with Gasteiger partial charge in [0.25, 0.3) is 5.92 Å². The Kier molecular flexibility index (Phi) is 7.53. The van der Waals surface area contributed by atoms with Crippen LogP contribution in [0.5, 0.6) is 0 Å². The maximum atomic E-state index is 14.6. The fourth-order valence-corrected chi connectivity index (χ4v) is 6.75. The summed E-state index contributed by atoms with van der Waals surface area (Å²) in [7, 11) is 0. The highest BCUT2D eigenvalue weighted by molar-refractivity contribution is 5.44. The number of hydrogen-bond donors (Lipinski definition) is 2. The molecule has 176 valence electrons. The zero-order valence-electron chi connectivity index (χ0n) is 19.8. The van der Waals surface area contributed by atoms with E-state index in [4.69, 9.17) is 0 Å². The maximum Gasteiger partial charge on any atom is 0.298 e. The third-order valence-corrected chi connectivity index (χ3v) is 8.60. The second-order valence-electron chi connectivity index (χ2n) is 11.1. The summed E-state index contributed by atoms with van der Waals surface area (Å²) in [5, 5.41) is 19.8. The van der Waals surface area contributed by atoms with E-state index in [1.807, 2.05) is 6.08 Å². The lowest BCUT2D eigenvalue weighted by atomic mass is 9.60. The van der Waals surface area contributed by atoms with Crippen LogP contribution in [0.25, 0.3) is 0 Å². The number of allylic oxidation sites excluding steroid dienone is 3. The first-order valence-electron chi connectivity index (χ1n) is 12.3. The van der Waals surface area contributed by atoms with Crippen molar-refractivity contribution in [1.82, 2.24) is 0 Å². The van der Waals surface area contributed by atoms with Gasteiger partial charge in [-0.3, -0.25) is 0 Å². The second-order valence-corrected chi connectivity index (χ2v) is 11.1. The first-order valence-corrected chi connectivity index (χ1v) is 12.3. The maximum absolute atomic E-state index is 14.6. The van der Waals surface area contributed by atoms with Gasteiger partial charge in [0, 0.05) is 12.0 Å². The molecule has 0 radical (unpaired) electrons. The minimum absolute atomic E-state index is 0.0359. The molecule has 3 rings (SSSR count). The Morgan fingerprint density at radius 2 is 1.84 bits per heavy atom. The predicted octanol–water partition coefficient (Wildman–Crippen LogP) is 6.84. The van der Waals surface area contributed by atoms with Crippen molar-refractivity contribution >= 4 is 0 Å². The molecule has 0 aromatic carbocycles. The quantitative estimate of drug-likeness (QED) is 0.479. The van der Waals surface area contributed by atoms with Crippen LogP contribution in [0.3, 0.4) is 0 Å². The highest BCUT2D eigenvalue weighted by Crippen LogP contribution is 2.60. The zero-order chi connectivity index (χ0) is 23.0. The van der Waals surface area contributed by atoms with Crippen molar-refractivity contribution in [3.8, 4) is 0 Å². The molecule has 3 aliphatic rings. The van der Waals surface area contributed by atoms with Crippen LogP contribution in [0, 0.1) is 29.1 Å². The van der Waals surface area contributed by atoms with Crippen molar-refractivity contribution in [1.29, 1.82) is 0 Å². The highest BCUT2D eigenvalue weighted by Gasteiger charge is 2.51. The lowest BCUT2D eigenvalue weighted by Crippen LogP contribution is -2.44. The molecule has 0 saturated heterocycles. The van der Waals surface area contributed by atoms with E-state index in [1.165, 1.54) is 43.8 Å². The molecule has 0 heterocycles. The second kappa shape index (κ2) is 9.47.